The number of urea groups is 1. The first kappa shape index (κ1) is 18.1. The van der Waals surface area contributed by atoms with Crippen LogP contribution in [0.1, 0.15) is 15.9 Å². The van der Waals surface area contributed by atoms with Gasteiger partial charge in [-0.3, -0.25) is 4.79 Å². The number of rotatable bonds is 4. The molecule has 0 radical (unpaired) electrons. The SMILES string of the molecule is CN(C)C(=O)c1ccc(NC(=O)NCc2cccc(Cl)c2)cc1Cl. The fourth-order valence-electron chi connectivity index (χ4n) is 2.01. The maximum Gasteiger partial charge on any atom is 0.319 e. The Labute approximate surface area is 150 Å². The Balaban J connectivity index is 1.97. The molecule has 0 bridgehead atoms. The second kappa shape index (κ2) is 8.04. The molecule has 0 saturated heterocycles. The average Bonchev–Trinajstić information content (AvgIpc) is 2.52. The number of halogens is 2. The van der Waals surface area contributed by atoms with Crippen LogP contribution in [0.15, 0.2) is 42.5 Å². The summed E-state index contributed by atoms with van der Waals surface area (Å²) in [5.74, 6) is -0.197. The smallest absolute Gasteiger partial charge is 0.319 e. The number of nitrogens with one attached hydrogen (secondary N) is 2. The quantitative estimate of drug-likeness (QED) is 0.859. The molecule has 5 nitrogen and oxygen atoms in total. The van der Waals surface area contributed by atoms with E-state index in [1.807, 2.05) is 12.1 Å². The van der Waals surface area contributed by atoms with Gasteiger partial charge in [-0.15, -0.1) is 0 Å². The van der Waals surface area contributed by atoms with E-state index in [2.05, 4.69) is 10.6 Å². The van der Waals surface area contributed by atoms with E-state index in [1.54, 1.807) is 38.4 Å². The van der Waals surface area contributed by atoms with Gasteiger partial charge in [-0.1, -0.05) is 35.3 Å². The van der Waals surface area contributed by atoms with Crippen LogP contribution in [0.5, 0.6) is 0 Å². The van der Waals surface area contributed by atoms with Gasteiger partial charge in [0.2, 0.25) is 0 Å². The molecule has 0 heterocycles. The van der Waals surface area contributed by atoms with Crippen molar-refractivity contribution in [2.24, 2.45) is 0 Å². The van der Waals surface area contributed by atoms with Gasteiger partial charge in [0.05, 0.1) is 10.6 Å². The summed E-state index contributed by atoms with van der Waals surface area (Å²) in [5, 5.41) is 6.29. The van der Waals surface area contributed by atoms with Crippen LogP contribution in [0.4, 0.5) is 10.5 Å². The summed E-state index contributed by atoms with van der Waals surface area (Å²) >= 11 is 12.0. The summed E-state index contributed by atoms with van der Waals surface area (Å²) in [5.41, 5.74) is 1.77. The molecule has 24 heavy (non-hydrogen) atoms. The predicted molar refractivity (Wildman–Crippen MR) is 96.8 cm³/mol. The van der Waals surface area contributed by atoms with Crippen molar-refractivity contribution in [1.82, 2.24) is 10.2 Å². The highest BCUT2D eigenvalue weighted by Gasteiger charge is 2.13. The van der Waals surface area contributed by atoms with Crippen molar-refractivity contribution in [3.63, 3.8) is 0 Å². The monoisotopic (exact) mass is 365 g/mol. The summed E-state index contributed by atoms with van der Waals surface area (Å²) in [6.45, 7) is 0.345. The van der Waals surface area contributed by atoms with Gasteiger partial charge in [0, 0.05) is 31.4 Å². The van der Waals surface area contributed by atoms with Gasteiger partial charge < -0.3 is 15.5 Å². The molecule has 2 N–H and O–H groups in total. The maximum absolute atomic E-state index is 11.9. The molecule has 7 heteroatoms. The van der Waals surface area contributed by atoms with Gasteiger partial charge in [0.1, 0.15) is 0 Å². The average molecular weight is 366 g/mol. The lowest BCUT2D eigenvalue weighted by atomic mass is 10.2. The second-order valence-electron chi connectivity index (χ2n) is 5.33. The Morgan fingerprint density at radius 3 is 2.46 bits per heavy atom. The number of nitrogens with zero attached hydrogens (tertiary/aromatic N) is 1. The molecule has 0 aliphatic heterocycles. The Hall–Kier alpha value is -2.24. The molecule has 0 aromatic heterocycles. The van der Waals surface area contributed by atoms with Crippen LogP contribution in [0.3, 0.4) is 0 Å². The first-order valence-corrected chi connectivity index (χ1v) is 7.93. The molecule has 2 aromatic rings. The van der Waals surface area contributed by atoms with Crippen molar-refractivity contribution in [2.75, 3.05) is 19.4 Å². The van der Waals surface area contributed by atoms with E-state index in [0.29, 0.717) is 22.8 Å². The molecule has 0 spiro atoms. The lowest BCUT2D eigenvalue weighted by molar-refractivity contribution is 0.0828. The highest BCUT2D eigenvalue weighted by Crippen LogP contribution is 2.22. The molecule has 0 unspecified atom stereocenters. The van der Waals surface area contributed by atoms with E-state index in [1.165, 1.54) is 11.0 Å². The van der Waals surface area contributed by atoms with Gasteiger partial charge in [0.15, 0.2) is 0 Å². The normalized spacial score (nSPS) is 10.2. The predicted octanol–water partition coefficient (Wildman–Crippen LogP) is 4.02. The van der Waals surface area contributed by atoms with Crippen LogP contribution in [0.2, 0.25) is 10.0 Å². The van der Waals surface area contributed by atoms with Crippen molar-refractivity contribution in [3.8, 4) is 0 Å². The van der Waals surface area contributed by atoms with E-state index in [-0.39, 0.29) is 17.0 Å². The van der Waals surface area contributed by atoms with E-state index in [4.69, 9.17) is 23.2 Å². The third-order valence-electron chi connectivity index (χ3n) is 3.21. The van der Waals surface area contributed by atoms with E-state index in [9.17, 15) is 9.59 Å². The number of anilines is 1. The van der Waals surface area contributed by atoms with E-state index >= 15 is 0 Å². The molecule has 3 amide bonds. The minimum absolute atomic E-state index is 0.197. The number of hydrogen-bond donors (Lipinski definition) is 2. The van der Waals surface area contributed by atoms with Crippen LogP contribution in [-0.2, 0) is 6.54 Å². The fraction of sp³-hybridized carbons (Fsp3) is 0.176. The molecule has 126 valence electrons. The van der Waals surface area contributed by atoms with Crippen LogP contribution >= 0.6 is 23.2 Å². The van der Waals surface area contributed by atoms with Gasteiger partial charge in [0.25, 0.3) is 5.91 Å². The Morgan fingerprint density at radius 2 is 1.83 bits per heavy atom. The largest absolute Gasteiger partial charge is 0.345 e. The maximum atomic E-state index is 11.9. The zero-order valence-electron chi connectivity index (χ0n) is 13.3. The molecular weight excluding hydrogens is 349 g/mol. The minimum atomic E-state index is -0.377. The standard InChI is InChI=1S/C17H17Cl2N3O2/c1-22(2)16(23)14-7-6-13(9-15(14)19)21-17(24)20-10-11-4-3-5-12(18)8-11/h3-9H,10H2,1-2H3,(H2,20,21,24). The van der Waals surface area contributed by atoms with Gasteiger partial charge in [-0.05, 0) is 35.9 Å². The Bertz CT molecular complexity index is 763. The van der Waals surface area contributed by atoms with Crippen LogP contribution in [-0.4, -0.2) is 30.9 Å². The highest BCUT2D eigenvalue weighted by atomic mass is 35.5. The van der Waals surface area contributed by atoms with Crippen molar-refractivity contribution >= 4 is 40.8 Å². The molecule has 2 rings (SSSR count). The summed E-state index contributed by atoms with van der Waals surface area (Å²) in [6, 6.07) is 11.6. The topological polar surface area (TPSA) is 61.4 Å². The lowest BCUT2D eigenvalue weighted by Crippen LogP contribution is -2.28. The van der Waals surface area contributed by atoms with Gasteiger partial charge in [-0.2, -0.15) is 0 Å². The fourth-order valence-corrected chi connectivity index (χ4v) is 2.49. The third kappa shape index (κ3) is 4.88. The molecule has 0 saturated carbocycles. The number of hydrogen-bond acceptors (Lipinski definition) is 2. The molecule has 0 fully saturated rings. The zero-order chi connectivity index (χ0) is 17.7. The Morgan fingerprint density at radius 1 is 1.08 bits per heavy atom. The molecular formula is C17H17Cl2N3O2. The van der Waals surface area contributed by atoms with Gasteiger partial charge in [-0.25, -0.2) is 4.79 Å². The molecule has 0 atom stereocenters. The number of benzene rings is 2. The Kier molecular flexibility index (Phi) is 6.06. The lowest BCUT2D eigenvalue weighted by Gasteiger charge is -2.13. The van der Waals surface area contributed by atoms with Crippen molar-refractivity contribution < 1.29 is 9.59 Å². The molecule has 0 aliphatic carbocycles. The first-order chi connectivity index (χ1) is 11.4. The summed E-state index contributed by atoms with van der Waals surface area (Å²) in [6.07, 6.45) is 0. The summed E-state index contributed by atoms with van der Waals surface area (Å²) in [4.78, 5) is 25.3. The van der Waals surface area contributed by atoms with Crippen molar-refractivity contribution in [3.05, 3.63) is 63.6 Å². The van der Waals surface area contributed by atoms with Crippen LogP contribution in [0, 0.1) is 0 Å². The van der Waals surface area contributed by atoms with Crippen molar-refractivity contribution in [1.29, 1.82) is 0 Å². The second-order valence-corrected chi connectivity index (χ2v) is 6.18. The third-order valence-corrected chi connectivity index (χ3v) is 3.75. The number of carbonyl (C=O) groups excluding carboxylic acids is 2. The summed E-state index contributed by atoms with van der Waals surface area (Å²) in [7, 11) is 3.29. The minimum Gasteiger partial charge on any atom is -0.345 e. The molecule has 0 aliphatic rings. The molecule has 2 aromatic carbocycles. The highest BCUT2D eigenvalue weighted by molar-refractivity contribution is 6.34. The van der Waals surface area contributed by atoms with Crippen LogP contribution < -0.4 is 10.6 Å². The number of carbonyl (C=O) groups is 2. The van der Waals surface area contributed by atoms with Crippen LogP contribution in [0.25, 0.3) is 0 Å². The first-order valence-electron chi connectivity index (χ1n) is 7.17. The number of amides is 3. The van der Waals surface area contributed by atoms with Gasteiger partial charge >= 0.3 is 6.03 Å². The summed E-state index contributed by atoms with van der Waals surface area (Å²) < 4.78 is 0. The van der Waals surface area contributed by atoms with E-state index in [0.717, 1.165) is 5.56 Å². The van der Waals surface area contributed by atoms with E-state index < -0.39 is 0 Å². The van der Waals surface area contributed by atoms with Crippen molar-refractivity contribution in [2.45, 2.75) is 6.54 Å². The zero-order valence-corrected chi connectivity index (χ0v) is 14.8.